The molecular formula is C27H31N7O2S. The third kappa shape index (κ3) is 5.06. The first kappa shape index (κ1) is 24.9. The molecule has 1 atom stereocenters. The number of aromatic nitrogens is 5. The molecule has 1 aromatic carbocycles. The summed E-state index contributed by atoms with van der Waals surface area (Å²) in [4.78, 5) is 22.9. The van der Waals surface area contributed by atoms with Gasteiger partial charge in [0.1, 0.15) is 16.9 Å². The number of hydrogen-bond donors (Lipinski definition) is 1. The van der Waals surface area contributed by atoms with Crippen LogP contribution in [0.25, 0.3) is 5.00 Å². The number of fused-ring (bicyclic) bond motifs is 3. The Morgan fingerprint density at radius 3 is 2.70 bits per heavy atom. The van der Waals surface area contributed by atoms with E-state index in [4.69, 9.17) is 9.73 Å². The number of imidazole rings is 1. The molecule has 1 N–H and O–H groups in total. The molecule has 192 valence electrons. The van der Waals surface area contributed by atoms with E-state index in [2.05, 4.69) is 67.7 Å². The molecule has 0 saturated carbocycles. The summed E-state index contributed by atoms with van der Waals surface area (Å²) in [6, 6.07) is 7.86. The zero-order valence-corrected chi connectivity index (χ0v) is 22.4. The highest BCUT2D eigenvalue weighted by atomic mass is 32.1. The largest absolute Gasteiger partial charge is 0.466 e. The van der Waals surface area contributed by atoms with Crippen LogP contribution in [0.1, 0.15) is 59.0 Å². The van der Waals surface area contributed by atoms with Gasteiger partial charge in [-0.3, -0.25) is 14.4 Å². The summed E-state index contributed by atoms with van der Waals surface area (Å²) in [6.45, 7) is 10.1. The maximum atomic E-state index is 12.5. The van der Waals surface area contributed by atoms with E-state index in [1.807, 2.05) is 26.4 Å². The van der Waals surface area contributed by atoms with E-state index in [1.165, 1.54) is 10.4 Å². The first-order valence-corrected chi connectivity index (χ1v) is 13.3. The number of thiophene rings is 1. The maximum absolute atomic E-state index is 12.5. The van der Waals surface area contributed by atoms with Crippen LogP contribution in [0.4, 0.5) is 5.69 Å². The average molecular weight is 518 g/mol. The number of carbonyl (C=O) groups is 1. The van der Waals surface area contributed by atoms with E-state index in [9.17, 15) is 4.79 Å². The molecule has 37 heavy (non-hydrogen) atoms. The van der Waals surface area contributed by atoms with E-state index in [1.54, 1.807) is 17.5 Å². The monoisotopic (exact) mass is 517 g/mol. The molecule has 1 aliphatic rings. The van der Waals surface area contributed by atoms with Crippen LogP contribution >= 0.6 is 11.3 Å². The van der Waals surface area contributed by atoms with Crippen molar-refractivity contribution in [3.05, 3.63) is 76.2 Å². The Bertz CT molecular complexity index is 1420. The van der Waals surface area contributed by atoms with Gasteiger partial charge in [0, 0.05) is 47.2 Å². The Hall–Kier alpha value is -3.79. The van der Waals surface area contributed by atoms with Crippen molar-refractivity contribution in [1.29, 1.82) is 0 Å². The van der Waals surface area contributed by atoms with Gasteiger partial charge >= 0.3 is 5.97 Å². The average Bonchev–Trinajstić information content (AvgIpc) is 3.58. The van der Waals surface area contributed by atoms with Crippen molar-refractivity contribution in [3.8, 4) is 5.00 Å². The minimum atomic E-state index is -0.490. The van der Waals surface area contributed by atoms with Crippen LogP contribution in [0, 0.1) is 20.8 Å². The lowest BCUT2D eigenvalue weighted by Gasteiger charge is -2.13. The second kappa shape index (κ2) is 10.7. The lowest BCUT2D eigenvalue weighted by molar-refractivity contribution is -0.143. The van der Waals surface area contributed by atoms with Crippen LogP contribution < -0.4 is 5.32 Å². The number of nitrogens with zero attached hydrogens (tertiary/aromatic N) is 6. The van der Waals surface area contributed by atoms with Gasteiger partial charge in [-0.25, -0.2) is 4.98 Å². The van der Waals surface area contributed by atoms with E-state index < -0.39 is 6.04 Å². The van der Waals surface area contributed by atoms with Crippen LogP contribution in [0.2, 0.25) is 0 Å². The molecule has 0 amide bonds. The molecule has 0 unspecified atom stereocenters. The van der Waals surface area contributed by atoms with Crippen molar-refractivity contribution in [2.24, 2.45) is 4.99 Å². The first-order chi connectivity index (χ1) is 18.0. The molecule has 4 heterocycles. The number of nitrogens with one attached hydrogen (secondary N) is 1. The summed E-state index contributed by atoms with van der Waals surface area (Å²) in [6.07, 6.45) is 6.72. The lowest BCUT2D eigenvalue weighted by atomic mass is 9.99. The number of ether oxygens (including phenoxy) is 1. The smallest absolute Gasteiger partial charge is 0.308 e. The van der Waals surface area contributed by atoms with Crippen molar-refractivity contribution in [3.63, 3.8) is 0 Å². The predicted octanol–water partition coefficient (Wildman–Crippen LogP) is 4.80. The molecule has 0 spiro atoms. The first-order valence-electron chi connectivity index (χ1n) is 12.5. The third-order valence-electron chi connectivity index (χ3n) is 6.54. The van der Waals surface area contributed by atoms with Crippen LogP contribution in [-0.4, -0.2) is 49.1 Å². The summed E-state index contributed by atoms with van der Waals surface area (Å²) in [5.41, 5.74) is 5.16. The summed E-state index contributed by atoms with van der Waals surface area (Å²) >= 11 is 1.70. The zero-order chi connectivity index (χ0) is 25.9. The van der Waals surface area contributed by atoms with Gasteiger partial charge in [0.25, 0.3) is 0 Å². The Labute approximate surface area is 220 Å². The number of aryl methyl sites for hydroxylation is 3. The highest BCUT2D eigenvalue weighted by molar-refractivity contribution is 7.15. The summed E-state index contributed by atoms with van der Waals surface area (Å²) < 4.78 is 9.39. The van der Waals surface area contributed by atoms with Crippen molar-refractivity contribution in [2.45, 2.75) is 53.1 Å². The highest BCUT2D eigenvalue weighted by Gasteiger charge is 2.32. The van der Waals surface area contributed by atoms with E-state index >= 15 is 0 Å². The van der Waals surface area contributed by atoms with Crippen LogP contribution in [0.3, 0.4) is 0 Å². The zero-order valence-electron chi connectivity index (χ0n) is 21.6. The van der Waals surface area contributed by atoms with Gasteiger partial charge in [-0.15, -0.1) is 21.5 Å². The minimum Gasteiger partial charge on any atom is -0.466 e. The van der Waals surface area contributed by atoms with Crippen LogP contribution in [-0.2, 0) is 16.1 Å². The van der Waals surface area contributed by atoms with Crippen LogP contribution in [0.5, 0.6) is 0 Å². The third-order valence-corrected chi connectivity index (χ3v) is 7.74. The fourth-order valence-electron chi connectivity index (χ4n) is 4.56. The standard InChI is InChI=1S/C27H31N7O2S/c1-5-36-23(35)15-22-26-32-31-19(4)34(26)27-24(17(2)18(3)37-27)25(30-22)20-7-9-21(10-8-20)29-11-6-13-33-14-12-28-16-33/h7-10,12,14,16,22,29H,5-6,11,13,15H2,1-4H3/t22-/m0/s1. The number of anilines is 1. The molecule has 0 fully saturated rings. The molecule has 0 bridgehead atoms. The van der Waals surface area contributed by atoms with Gasteiger partial charge in [0.05, 0.1) is 25.1 Å². The second-order valence-corrected chi connectivity index (χ2v) is 10.3. The summed E-state index contributed by atoms with van der Waals surface area (Å²) in [5, 5.41) is 13.3. The molecule has 5 rings (SSSR count). The maximum Gasteiger partial charge on any atom is 0.308 e. The van der Waals surface area contributed by atoms with Crippen LogP contribution in [0.15, 0.2) is 48.0 Å². The van der Waals surface area contributed by atoms with Gasteiger partial charge in [0.2, 0.25) is 0 Å². The quantitative estimate of drug-likeness (QED) is 0.253. The number of aliphatic imine (C=N–C) groups is 1. The topological polar surface area (TPSA) is 99.2 Å². The number of esters is 1. The fraction of sp³-hybridized carbons (Fsp3) is 0.370. The molecule has 10 heteroatoms. The number of hydrogen-bond acceptors (Lipinski definition) is 8. The van der Waals surface area contributed by atoms with Crippen molar-refractivity contribution in [2.75, 3.05) is 18.5 Å². The SMILES string of the molecule is CCOC(=O)C[C@@H]1N=C(c2ccc(NCCCn3ccnc3)cc2)c2c(sc(C)c2C)-n2c(C)nnc21. The lowest BCUT2D eigenvalue weighted by Crippen LogP contribution is -2.13. The molecule has 9 nitrogen and oxygen atoms in total. The van der Waals surface area contributed by atoms with E-state index in [0.717, 1.165) is 52.9 Å². The molecule has 0 aliphatic carbocycles. The van der Waals surface area contributed by atoms with Gasteiger partial charge in [-0.2, -0.15) is 0 Å². The fourth-order valence-corrected chi connectivity index (χ4v) is 5.78. The Morgan fingerprint density at radius 2 is 1.97 bits per heavy atom. The number of carbonyl (C=O) groups excluding carboxylic acids is 1. The highest BCUT2D eigenvalue weighted by Crippen LogP contribution is 2.39. The molecule has 4 aromatic rings. The Balaban J connectivity index is 1.46. The Kier molecular flexibility index (Phi) is 7.18. The minimum absolute atomic E-state index is 0.110. The molecule has 0 saturated heterocycles. The van der Waals surface area contributed by atoms with Gasteiger partial charge in [-0.1, -0.05) is 12.1 Å². The number of rotatable bonds is 9. The van der Waals surface area contributed by atoms with Gasteiger partial charge in [-0.05, 0) is 51.8 Å². The van der Waals surface area contributed by atoms with Crippen molar-refractivity contribution >= 4 is 28.7 Å². The normalized spacial score (nSPS) is 14.5. The van der Waals surface area contributed by atoms with Crippen molar-refractivity contribution < 1.29 is 9.53 Å². The van der Waals surface area contributed by atoms with Gasteiger partial charge < -0.3 is 14.6 Å². The molecular weight excluding hydrogens is 486 g/mol. The molecule has 1 aliphatic heterocycles. The predicted molar refractivity (Wildman–Crippen MR) is 145 cm³/mol. The molecule has 0 radical (unpaired) electrons. The summed E-state index contributed by atoms with van der Waals surface area (Å²) in [5.74, 6) is 1.15. The van der Waals surface area contributed by atoms with Gasteiger partial charge in [0.15, 0.2) is 5.82 Å². The summed E-state index contributed by atoms with van der Waals surface area (Å²) in [7, 11) is 0. The molecule has 3 aromatic heterocycles. The van der Waals surface area contributed by atoms with E-state index in [-0.39, 0.29) is 12.4 Å². The van der Waals surface area contributed by atoms with E-state index in [0.29, 0.717) is 12.4 Å². The Morgan fingerprint density at radius 1 is 1.16 bits per heavy atom. The second-order valence-electron chi connectivity index (χ2n) is 9.07. The number of benzene rings is 1. The van der Waals surface area contributed by atoms with Crippen molar-refractivity contribution in [1.82, 2.24) is 24.3 Å².